The summed E-state index contributed by atoms with van der Waals surface area (Å²) in [5.74, 6) is 1.22. The number of nitrogens with one attached hydrogen (secondary N) is 1. The van der Waals surface area contributed by atoms with Crippen LogP contribution in [0.25, 0.3) is 0 Å². The second-order valence-electron chi connectivity index (χ2n) is 8.24. The van der Waals surface area contributed by atoms with Crippen LogP contribution in [0.1, 0.15) is 57.8 Å². The molecule has 2 rings (SSSR count). The molecule has 1 fully saturated rings. The largest absolute Gasteiger partial charge is 0.513 e. The molecule has 0 amide bonds. The van der Waals surface area contributed by atoms with Gasteiger partial charge in [0.25, 0.3) is 0 Å². The van der Waals surface area contributed by atoms with Gasteiger partial charge in [-0.05, 0) is 56.1 Å². The van der Waals surface area contributed by atoms with Crippen molar-refractivity contribution in [1.29, 1.82) is 0 Å². The van der Waals surface area contributed by atoms with Crippen LogP contribution < -0.4 is 5.48 Å². The zero-order chi connectivity index (χ0) is 21.1. The first-order valence-electron chi connectivity index (χ1n) is 10.8. The molecule has 1 saturated carbocycles. The van der Waals surface area contributed by atoms with Crippen molar-refractivity contribution in [2.45, 2.75) is 80.9 Å². The van der Waals surface area contributed by atoms with Crippen molar-refractivity contribution in [2.75, 3.05) is 5.75 Å². The molecule has 0 heterocycles. The molecule has 5 atom stereocenters. The third kappa shape index (κ3) is 8.69. The zero-order valence-electron chi connectivity index (χ0n) is 17.2. The Morgan fingerprint density at radius 2 is 1.83 bits per heavy atom. The Balaban J connectivity index is 1.74. The maximum atomic E-state index is 10.5. The number of rotatable bonds is 14. The summed E-state index contributed by atoms with van der Waals surface area (Å²) in [6, 6.07) is 9.96. The maximum absolute atomic E-state index is 10.5. The zero-order valence-corrected chi connectivity index (χ0v) is 18.1. The number of hydroxylamine groups is 1. The second kappa shape index (κ2) is 13.3. The summed E-state index contributed by atoms with van der Waals surface area (Å²) in [5.41, 5.74) is 2.39. The Morgan fingerprint density at radius 1 is 1.10 bits per heavy atom. The molecular formula is C23H37NO4S. The molecule has 0 saturated heterocycles. The predicted octanol–water partition coefficient (Wildman–Crippen LogP) is 4.68. The molecule has 0 bridgehead atoms. The van der Waals surface area contributed by atoms with Crippen LogP contribution in [0.2, 0.25) is 0 Å². The van der Waals surface area contributed by atoms with Crippen molar-refractivity contribution in [3.05, 3.63) is 42.7 Å². The minimum Gasteiger partial charge on any atom is -0.513 e. The van der Waals surface area contributed by atoms with E-state index in [1.165, 1.54) is 0 Å². The average Bonchev–Trinajstić information content (AvgIpc) is 3.02. The number of benzene rings is 1. The van der Waals surface area contributed by atoms with Crippen LogP contribution in [0.4, 0.5) is 0 Å². The summed E-state index contributed by atoms with van der Waals surface area (Å²) in [4.78, 5) is 1.15. The number of unbranched alkanes of at least 4 members (excludes halogenated alkanes) is 3. The number of aliphatic hydroxyl groups excluding tert-OH is 3. The van der Waals surface area contributed by atoms with Crippen molar-refractivity contribution in [3.63, 3.8) is 0 Å². The van der Waals surface area contributed by atoms with Gasteiger partial charge in [-0.25, -0.2) is 5.48 Å². The van der Waals surface area contributed by atoms with Crippen molar-refractivity contribution in [2.24, 2.45) is 11.8 Å². The predicted molar refractivity (Wildman–Crippen MR) is 118 cm³/mol. The fourth-order valence-electron chi connectivity index (χ4n) is 4.40. The van der Waals surface area contributed by atoms with E-state index >= 15 is 0 Å². The third-order valence-corrected chi connectivity index (χ3v) is 7.15. The number of aliphatic hydroxyl groups is 3. The molecule has 0 aliphatic heterocycles. The van der Waals surface area contributed by atoms with Gasteiger partial charge in [-0.15, -0.1) is 11.8 Å². The van der Waals surface area contributed by atoms with E-state index in [1.54, 1.807) is 11.8 Å². The summed E-state index contributed by atoms with van der Waals surface area (Å²) in [6.07, 6.45) is 6.89. The third-order valence-electron chi connectivity index (χ3n) is 5.99. The molecule has 5 nitrogen and oxygen atoms in total. The van der Waals surface area contributed by atoms with Crippen LogP contribution in [0.5, 0.6) is 0 Å². The summed E-state index contributed by atoms with van der Waals surface area (Å²) < 4.78 is 0. The number of allylic oxidation sites excluding steroid dienone is 1. The Bertz CT molecular complexity index is 586. The molecular weight excluding hydrogens is 386 g/mol. The standard InChI is InChI=1S/C23H37NO4S/c1-17(25)9-5-2-3-8-12-21-20(22(24-28)15-23(21)27)14-13-18(26)16-29-19-10-6-4-7-11-19/h4,6-7,10-11,18,20-28H,1-3,5,8-9,12-16H2/t18?,20-,21-,22?,23+/m1/s1. The highest BCUT2D eigenvalue weighted by Crippen LogP contribution is 2.39. The molecule has 6 heteroatoms. The van der Waals surface area contributed by atoms with Crippen molar-refractivity contribution in [3.8, 4) is 0 Å². The van der Waals surface area contributed by atoms with Crippen molar-refractivity contribution < 1.29 is 20.5 Å². The summed E-state index contributed by atoms with van der Waals surface area (Å²) in [5, 5.41) is 39.6. The van der Waals surface area contributed by atoms with Crippen LogP contribution in [0, 0.1) is 11.8 Å². The lowest BCUT2D eigenvalue weighted by Gasteiger charge is -2.26. The topological polar surface area (TPSA) is 93.0 Å². The van der Waals surface area contributed by atoms with E-state index in [0.29, 0.717) is 25.0 Å². The molecule has 5 N–H and O–H groups in total. The van der Waals surface area contributed by atoms with E-state index in [-0.39, 0.29) is 23.6 Å². The van der Waals surface area contributed by atoms with Crippen LogP contribution in [-0.2, 0) is 0 Å². The molecule has 0 spiro atoms. The van der Waals surface area contributed by atoms with E-state index in [2.05, 4.69) is 12.1 Å². The molecule has 2 unspecified atom stereocenters. The van der Waals surface area contributed by atoms with Gasteiger partial charge in [0.2, 0.25) is 0 Å². The number of thioether (sulfide) groups is 1. The van der Waals surface area contributed by atoms with Gasteiger partial charge in [-0.2, -0.15) is 0 Å². The molecule has 1 aliphatic rings. The smallest absolute Gasteiger partial charge is 0.0851 e. The van der Waals surface area contributed by atoms with Crippen LogP contribution in [0.3, 0.4) is 0 Å². The van der Waals surface area contributed by atoms with Gasteiger partial charge in [0.1, 0.15) is 0 Å². The molecule has 29 heavy (non-hydrogen) atoms. The lowest BCUT2D eigenvalue weighted by molar-refractivity contribution is 0.0859. The second-order valence-corrected chi connectivity index (χ2v) is 9.33. The van der Waals surface area contributed by atoms with Crippen molar-refractivity contribution >= 4 is 11.8 Å². The first-order valence-corrected chi connectivity index (χ1v) is 11.8. The Morgan fingerprint density at radius 3 is 2.52 bits per heavy atom. The Kier molecular flexibility index (Phi) is 11.1. The maximum Gasteiger partial charge on any atom is 0.0851 e. The Hall–Kier alpha value is -1.05. The normalized spacial score (nSPS) is 25.2. The monoisotopic (exact) mass is 423 g/mol. The highest BCUT2D eigenvalue weighted by Gasteiger charge is 2.41. The van der Waals surface area contributed by atoms with Gasteiger partial charge < -0.3 is 20.5 Å². The number of hydrogen-bond donors (Lipinski definition) is 5. The van der Waals surface area contributed by atoms with E-state index in [4.69, 9.17) is 5.11 Å². The van der Waals surface area contributed by atoms with Gasteiger partial charge in [0, 0.05) is 23.1 Å². The molecule has 0 radical (unpaired) electrons. The minimum absolute atomic E-state index is 0.110. The summed E-state index contributed by atoms with van der Waals surface area (Å²) >= 11 is 1.65. The first kappa shape index (κ1) is 24.2. The molecule has 1 aliphatic carbocycles. The van der Waals surface area contributed by atoms with E-state index in [1.807, 2.05) is 30.3 Å². The molecule has 164 valence electrons. The molecule has 1 aromatic carbocycles. The Labute approximate surface area is 179 Å². The van der Waals surface area contributed by atoms with Crippen molar-refractivity contribution in [1.82, 2.24) is 5.48 Å². The minimum atomic E-state index is -0.405. The lowest BCUT2D eigenvalue weighted by Crippen LogP contribution is -2.32. The van der Waals surface area contributed by atoms with E-state index in [9.17, 15) is 15.4 Å². The highest BCUT2D eigenvalue weighted by molar-refractivity contribution is 7.99. The summed E-state index contributed by atoms with van der Waals surface area (Å²) in [7, 11) is 0. The van der Waals surface area contributed by atoms with Gasteiger partial charge in [-0.3, -0.25) is 0 Å². The van der Waals surface area contributed by atoms with Crippen LogP contribution in [0.15, 0.2) is 47.6 Å². The van der Waals surface area contributed by atoms with Gasteiger partial charge in [0.05, 0.1) is 18.0 Å². The summed E-state index contributed by atoms with van der Waals surface area (Å²) in [6.45, 7) is 3.51. The van der Waals surface area contributed by atoms with Gasteiger partial charge in [0.15, 0.2) is 0 Å². The SMILES string of the molecule is C=C(O)CCCCCC[C@H]1[C@@H](O)CC(NO)[C@@H]1CCC(O)CSc1ccccc1. The van der Waals surface area contributed by atoms with E-state index < -0.39 is 12.2 Å². The van der Waals surface area contributed by atoms with Gasteiger partial charge in [-0.1, -0.05) is 44.0 Å². The lowest BCUT2D eigenvalue weighted by atomic mass is 9.84. The van der Waals surface area contributed by atoms with Crippen LogP contribution in [-0.4, -0.2) is 44.5 Å². The van der Waals surface area contributed by atoms with E-state index in [0.717, 1.165) is 43.4 Å². The average molecular weight is 424 g/mol. The fourth-order valence-corrected chi connectivity index (χ4v) is 5.30. The highest BCUT2D eigenvalue weighted by atomic mass is 32.2. The quantitative estimate of drug-likeness (QED) is 0.129. The fraction of sp³-hybridized carbons (Fsp3) is 0.652. The molecule has 1 aromatic rings. The first-order chi connectivity index (χ1) is 14.0. The van der Waals surface area contributed by atoms with Crippen LogP contribution >= 0.6 is 11.8 Å². The van der Waals surface area contributed by atoms with Gasteiger partial charge >= 0.3 is 0 Å². The number of hydrogen-bond acceptors (Lipinski definition) is 6. The molecule has 0 aromatic heterocycles.